The van der Waals surface area contributed by atoms with Crippen molar-refractivity contribution in [2.45, 2.75) is 83.9 Å². The van der Waals surface area contributed by atoms with Gasteiger partial charge in [-0.15, -0.1) is 0 Å². The molecule has 1 aliphatic heterocycles. The van der Waals surface area contributed by atoms with Crippen LogP contribution in [0.15, 0.2) is 30.5 Å². The van der Waals surface area contributed by atoms with E-state index in [0.717, 1.165) is 31.4 Å². The molecule has 3 aromatic rings. The van der Waals surface area contributed by atoms with Crippen LogP contribution < -0.4 is 4.90 Å². The molecule has 1 aliphatic carbocycles. The fraction of sp³-hybridized carbons (Fsp3) is 0.545. The van der Waals surface area contributed by atoms with Gasteiger partial charge >= 0.3 is 24.4 Å². The molecule has 1 aromatic carbocycles. The van der Waals surface area contributed by atoms with Gasteiger partial charge in [0, 0.05) is 26.6 Å². The van der Waals surface area contributed by atoms with Crippen LogP contribution in [0.25, 0.3) is 11.4 Å². The van der Waals surface area contributed by atoms with Crippen LogP contribution in [-0.4, -0.2) is 60.9 Å². The lowest BCUT2D eigenvalue weighted by molar-refractivity contribution is -0.143. The molecule has 2 atom stereocenters. The summed E-state index contributed by atoms with van der Waals surface area (Å²) in [6.45, 7) is 6.18. The highest BCUT2D eigenvalue weighted by Crippen LogP contribution is 2.41. The number of carbonyl (C=O) groups is 2. The number of carboxylic acids is 1. The molecule has 10 nitrogen and oxygen atoms in total. The first-order valence-corrected chi connectivity index (χ1v) is 16.0. The molecule has 5 rings (SSSR count). The van der Waals surface area contributed by atoms with Gasteiger partial charge in [0.1, 0.15) is 17.5 Å². The Morgan fingerprint density at radius 1 is 1.02 bits per heavy atom. The van der Waals surface area contributed by atoms with E-state index in [1.807, 2.05) is 24.8 Å². The summed E-state index contributed by atoms with van der Waals surface area (Å²) in [5, 5.41) is 13.6. The smallest absolute Gasteiger partial charge is 0.416 e. The van der Waals surface area contributed by atoms with Crippen LogP contribution in [0.4, 0.5) is 37.0 Å². The van der Waals surface area contributed by atoms with Crippen molar-refractivity contribution in [2.75, 3.05) is 18.0 Å². The minimum absolute atomic E-state index is 0.0359. The number of aliphatic carboxylic acids is 1. The molecule has 266 valence electrons. The van der Waals surface area contributed by atoms with Crippen molar-refractivity contribution in [1.29, 1.82) is 0 Å². The number of amides is 1. The molecule has 16 heteroatoms. The van der Waals surface area contributed by atoms with Crippen molar-refractivity contribution in [3.63, 3.8) is 0 Å². The lowest BCUT2D eigenvalue weighted by atomic mass is 9.80. The van der Waals surface area contributed by atoms with Gasteiger partial charge in [0.15, 0.2) is 5.82 Å². The van der Waals surface area contributed by atoms with E-state index in [1.165, 1.54) is 11.8 Å². The van der Waals surface area contributed by atoms with E-state index in [1.54, 1.807) is 17.9 Å². The van der Waals surface area contributed by atoms with E-state index in [-0.39, 0.29) is 30.9 Å². The Bertz CT molecular complexity index is 1650. The van der Waals surface area contributed by atoms with E-state index in [9.17, 15) is 41.0 Å². The molecule has 0 radical (unpaired) electrons. The summed E-state index contributed by atoms with van der Waals surface area (Å²) < 4.78 is 88.8. The summed E-state index contributed by atoms with van der Waals surface area (Å²) in [4.78, 5) is 37.3. The molecule has 1 amide bonds. The second-order valence-corrected chi connectivity index (χ2v) is 12.9. The number of halogens is 6. The predicted octanol–water partition coefficient (Wildman–Crippen LogP) is 7.41. The zero-order valence-electron chi connectivity index (χ0n) is 27.5. The lowest BCUT2D eigenvalue weighted by Gasteiger charge is -2.33. The van der Waals surface area contributed by atoms with Crippen molar-refractivity contribution in [3.05, 3.63) is 58.5 Å². The predicted molar refractivity (Wildman–Crippen MR) is 165 cm³/mol. The maximum Gasteiger partial charge on any atom is 0.416 e. The van der Waals surface area contributed by atoms with Crippen LogP contribution >= 0.6 is 0 Å². The Labute approximate surface area is 279 Å². The van der Waals surface area contributed by atoms with Gasteiger partial charge in [0.25, 0.3) is 0 Å². The Balaban J connectivity index is 1.46. The number of alkyl halides is 6. The summed E-state index contributed by atoms with van der Waals surface area (Å²) in [5.74, 6) is 0.0380. The van der Waals surface area contributed by atoms with Crippen LogP contribution in [0.1, 0.15) is 80.1 Å². The molecular weight excluding hydrogens is 658 g/mol. The molecular formula is C33H38F6N6O4. The second kappa shape index (κ2) is 13.9. The first-order valence-electron chi connectivity index (χ1n) is 16.0. The number of carbonyl (C=O) groups excluding carboxylic acids is 1. The van der Waals surface area contributed by atoms with E-state index < -0.39 is 53.3 Å². The van der Waals surface area contributed by atoms with Crippen molar-refractivity contribution >= 4 is 17.9 Å². The average molecular weight is 697 g/mol. The van der Waals surface area contributed by atoms with Gasteiger partial charge in [0.2, 0.25) is 0 Å². The first kappa shape index (κ1) is 35.9. The van der Waals surface area contributed by atoms with E-state index in [4.69, 9.17) is 14.7 Å². The van der Waals surface area contributed by atoms with Crippen molar-refractivity contribution < 1.29 is 45.8 Å². The van der Waals surface area contributed by atoms with Crippen LogP contribution in [0.3, 0.4) is 0 Å². The number of benzene rings is 1. The highest BCUT2D eigenvalue weighted by molar-refractivity contribution is 5.71. The van der Waals surface area contributed by atoms with Gasteiger partial charge < -0.3 is 14.7 Å². The third-order valence-electron chi connectivity index (χ3n) is 9.33. The number of aromatic nitrogens is 4. The third-order valence-corrected chi connectivity index (χ3v) is 9.33. The summed E-state index contributed by atoms with van der Waals surface area (Å²) >= 11 is 0. The van der Waals surface area contributed by atoms with Crippen LogP contribution in [0.5, 0.6) is 0 Å². The van der Waals surface area contributed by atoms with Crippen molar-refractivity contribution in [2.24, 2.45) is 18.9 Å². The molecule has 49 heavy (non-hydrogen) atoms. The van der Waals surface area contributed by atoms with Crippen molar-refractivity contribution in [3.8, 4) is 11.4 Å². The van der Waals surface area contributed by atoms with Gasteiger partial charge in [-0.3, -0.25) is 14.4 Å². The Kier molecular flexibility index (Phi) is 10.2. The standard InChI is InChI=1S/C33H38F6N6O4/c1-5-44(16-21-8-6-20(7-9-21)11-28(46)47)30-26(41-25(15-40-30)27-10-18(2)42-43(27)4)17-45-19(3)29(49-31(45)48)22-12-23(32(34,35)36)14-24(13-22)33(37,38)39/h10,12-15,19-21,29H,5-9,11,16-17H2,1-4H3,(H,46,47)/t19-,20-,21-,29?/m0/s1. The maximum atomic E-state index is 13.6. The molecule has 0 bridgehead atoms. The Morgan fingerprint density at radius 3 is 2.16 bits per heavy atom. The molecule has 1 saturated carbocycles. The molecule has 1 N–H and O–H groups in total. The summed E-state index contributed by atoms with van der Waals surface area (Å²) in [5.41, 5.74) is -1.22. The number of rotatable bonds is 10. The molecule has 2 aliphatic rings. The monoisotopic (exact) mass is 696 g/mol. The summed E-state index contributed by atoms with van der Waals surface area (Å²) in [7, 11) is 1.74. The second-order valence-electron chi connectivity index (χ2n) is 12.9. The largest absolute Gasteiger partial charge is 0.481 e. The number of carboxylic acid groups (broad SMARTS) is 1. The number of nitrogens with zero attached hydrogens (tertiary/aromatic N) is 6. The molecule has 3 heterocycles. The topological polar surface area (TPSA) is 114 Å². The lowest BCUT2D eigenvalue weighted by Crippen LogP contribution is -2.36. The number of hydrogen-bond acceptors (Lipinski definition) is 7. The minimum atomic E-state index is -5.06. The molecule has 2 fully saturated rings. The summed E-state index contributed by atoms with van der Waals surface area (Å²) in [6.07, 6.45) is -7.49. The fourth-order valence-electron chi connectivity index (χ4n) is 6.77. The Hall–Kier alpha value is -4.37. The normalized spacial score (nSPS) is 21.6. The number of hydrogen-bond donors (Lipinski definition) is 1. The van der Waals surface area contributed by atoms with E-state index >= 15 is 0 Å². The zero-order chi connectivity index (χ0) is 35.8. The van der Waals surface area contributed by atoms with Crippen LogP contribution in [0.2, 0.25) is 0 Å². The number of ether oxygens (including phenoxy) is 1. The number of cyclic esters (lactones) is 1. The fourth-order valence-corrected chi connectivity index (χ4v) is 6.77. The van der Waals surface area contributed by atoms with Crippen LogP contribution in [-0.2, 0) is 35.5 Å². The third kappa shape index (κ3) is 8.10. The Morgan fingerprint density at radius 2 is 1.63 bits per heavy atom. The molecule has 1 saturated heterocycles. The highest BCUT2D eigenvalue weighted by Gasteiger charge is 2.44. The quantitative estimate of drug-likeness (QED) is 0.218. The average Bonchev–Trinajstić information content (AvgIpc) is 3.51. The summed E-state index contributed by atoms with van der Waals surface area (Å²) in [6, 6.07) is 2.04. The first-order chi connectivity index (χ1) is 22.9. The van der Waals surface area contributed by atoms with Gasteiger partial charge in [-0.1, -0.05) is 0 Å². The number of aryl methyl sites for hydroxylation is 2. The molecule has 1 unspecified atom stereocenters. The van der Waals surface area contributed by atoms with Gasteiger partial charge in [-0.2, -0.15) is 31.4 Å². The van der Waals surface area contributed by atoms with Gasteiger partial charge in [0.05, 0.1) is 41.3 Å². The number of anilines is 1. The highest BCUT2D eigenvalue weighted by atomic mass is 19.4. The zero-order valence-corrected chi connectivity index (χ0v) is 27.5. The van der Waals surface area contributed by atoms with Gasteiger partial charge in [-0.05, 0) is 88.1 Å². The van der Waals surface area contributed by atoms with Crippen molar-refractivity contribution in [1.82, 2.24) is 24.6 Å². The molecule has 2 aromatic heterocycles. The maximum absolute atomic E-state index is 13.6. The SMILES string of the molecule is CCN(C[C@H]1CC[C@H](CC(=O)O)CC1)c1ncc(-c2cc(C)nn2C)nc1CN1C(=O)OC(c2cc(C(F)(F)F)cc(C(F)(F)F)c2)[C@@H]1C. The van der Waals surface area contributed by atoms with Crippen LogP contribution in [0, 0.1) is 18.8 Å². The van der Waals surface area contributed by atoms with Gasteiger partial charge in [-0.25, -0.2) is 14.8 Å². The van der Waals surface area contributed by atoms with E-state index in [2.05, 4.69) is 5.10 Å². The molecule has 0 spiro atoms. The van der Waals surface area contributed by atoms with E-state index in [0.29, 0.717) is 48.1 Å². The minimum Gasteiger partial charge on any atom is -0.481 e.